The van der Waals surface area contributed by atoms with E-state index in [0.717, 1.165) is 16.8 Å². The summed E-state index contributed by atoms with van der Waals surface area (Å²) in [6, 6.07) is 12.3. The number of ether oxygens (including phenoxy) is 2. The minimum Gasteiger partial charge on any atom is -0.495 e. The zero-order chi connectivity index (χ0) is 25.1. The molecule has 0 saturated heterocycles. The van der Waals surface area contributed by atoms with E-state index in [-0.39, 0.29) is 5.91 Å². The number of anilines is 2. The van der Waals surface area contributed by atoms with E-state index in [1.54, 1.807) is 62.0 Å². The second-order valence-electron chi connectivity index (χ2n) is 7.66. The van der Waals surface area contributed by atoms with Crippen molar-refractivity contribution in [1.82, 2.24) is 14.4 Å². The maximum absolute atomic E-state index is 13.4. The summed E-state index contributed by atoms with van der Waals surface area (Å²) >= 11 is 0. The van der Waals surface area contributed by atoms with Crippen LogP contribution in [0.3, 0.4) is 0 Å². The van der Waals surface area contributed by atoms with Gasteiger partial charge < -0.3 is 14.4 Å². The zero-order valence-electron chi connectivity index (χ0n) is 19.6. The van der Waals surface area contributed by atoms with Crippen LogP contribution in [-0.4, -0.2) is 47.6 Å². The molecule has 1 N–H and O–H groups in total. The average molecular weight is 470 g/mol. The Morgan fingerprint density at radius 2 is 1.91 bits per heavy atom. The predicted molar refractivity (Wildman–Crippen MR) is 130 cm³/mol. The van der Waals surface area contributed by atoms with Crippen molar-refractivity contribution in [3.05, 3.63) is 71.7 Å². The van der Waals surface area contributed by atoms with E-state index in [1.165, 1.54) is 19.1 Å². The molecule has 0 atom stereocenters. The van der Waals surface area contributed by atoms with Gasteiger partial charge in [-0.25, -0.2) is 14.8 Å². The number of fused-ring (bicyclic) bond motifs is 1. The Morgan fingerprint density at radius 3 is 2.57 bits per heavy atom. The molecule has 4 aromatic rings. The fraction of sp³-hybridized carbons (Fsp3) is 0.160. The van der Waals surface area contributed by atoms with Gasteiger partial charge in [0.05, 0.1) is 37.2 Å². The number of carbonyl (C=O) groups excluding carboxylic acids is 2. The van der Waals surface area contributed by atoms with Crippen LogP contribution in [0.1, 0.15) is 21.5 Å². The predicted octanol–water partition coefficient (Wildman–Crippen LogP) is 4.04. The fourth-order valence-electron chi connectivity index (χ4n) is 3.65. The molecule has 10 nitrogen and oxygen atoms in total. The topological polar surface area (TPSA) is 122 Å². The first-order chi connectivity index (χ1) is 16.9. The maximum atomic E-state index is 13.4. The number of aromatic nitrogens is 3. The molecule has 0 aliphatic carbocycles. The number of pyridine rings is 2. The lowest BCUT2D eigenvalue weighted by molar-refractivity contribution is 0.0992. The van der Waals surface area contributed by atoms with Gasteiger partial charge in [0, 0.05) is 36.8 Å². The van der Waals surface area contributed by atoms with Gasteiger partial charge in [0.1, 0.15) is 23.3 Å². The molecule has 0 aliphatic heterocycles. The molecule has 35 heavy (non-hydrogen) atoms. The number of hydrogen-bond donors (Lipinski definition) is 1. The van der Waals surface area contributed by atoms with Crippen LogP contribution in [-0.2, 0) is 4.74 Å². The molecule has 3 aromatic heterocycles. The number of hydrogen-bond acceptors (Lipinski definition) is 7. The van der Waals surface area contributed by atoms with Gasteiger partial charge in [0.25, 0.3) is 5.91 Å². The normalized spacial score (nSPS) is 10.5. The largest absolute Gasteiger partial charge is 0.495 e. The van der Waals surface area contributed by atoms with Gasteiger partial charge >= 0.3 is 6.09 Å². The number of rotatable bonds is 5. The number of imidazole rings is 1. The quantitative estimate of drug-likeness (QED) is 0.467. The molecule has 1 aromatic carbocycles. The monoisotopic (exact) mass is 470 g/mol. The number of nitriles is 1. The summed E-state index contributed by atoms with van der Waals surface area (Å²) in [5.41, 5.74) is 4.45. The van der Waals surface area contributed by atoms with Crippen LogP contribution in [0.4, 0.5) is 16.3 Å². The number of benzene rings is 1. The molecule has 0 aliphatic rings. The molecule has 0 radical (unpaired) electrons. The summed E-state index contributed by atoms with van der Waals surface area (Å²) in [7, 11) is 4.42. The Labute approximate surface area is 201 Å². The zero-order valence-corrected chi connectivity index (χ0v) is 19.6. The third-order valence-corrected chi connectivity index (χ3v) is 5.51. The highest BCUT2D eigenvalue weighted by Crippen LogP contribution is 2.27. The maximum Gasteiger partial charge on any atom is 0.412 e. The second kappa shape index (κ2) is 9.52. The standard InChI is InChI=1S/C25H22N6O4/c1-15-9-18(24(32)30(2)19-7-5-16(11-26)21(10-19)34-3)14-31-20(13-28-23(15)31)17-6-8-22(27-12-17)29-25(33)35-4/h5-10,12-14H,1-4H3,(H,27,29,33). The minimum atomic E-state index is -0.608. The lowest BCUT2D eigenvalue weighted by Gasteiger charge is -2.19. The number of carbonyl (C=O) groups is 2. The van der Waals surface area contributed by atoms with Crippen molar-refractivity contribution in [3.8, 4) is 23.1 Å². The average Bonchev–Trinajstić information content (AvgIpc) is 3.32. The summed E-state index contributed by atoms with van der Waals surface area (Å²) in [5, 5.41) is 11.7. The summed E-state index contributed by atoms with van der Waals surface area (Å²) in [6.07, 6.45) is 4.43. The van der Waals surface area contributed by atoms with Crippen LogP contribution < -0.4 is 15.0 Å². The molecule has 4 rings (SSSR count). The molecule has 0 fully saturated rings. The number of amides is 2. The lowest BCUT2D eigenvalue weighted by Crippen LogP contribution is -2.26. The molecular weight excluding hydrogens is 448 g/mol. The molecule has 0 bridgehead atoms. The van der Waals surface area contributed by atoms with Gasteiger partial charge in [-0.2, -0.15) is 5.26 Å². The molecule has 0 unspecified atom stereocenters. The van der Waals surface area contributed by atoms with Gasteiger partial charge in [0.15, 0.2) is 0 Å². The van der Waals surface area contributed by atoms with Gasteiger partial charge in [-0.1, -0.05) is 0 Å². The first-order valence-corrected chi connectivity index (χ1v) is 10.5. The second-order valence-corrected chi connectivity index (χ2v) is 7.66. The minimum absolute atomic E-state index is 0.239. The van der Waals surface area contributed by atoms with Crippen molar-refractivity contribution < 1.29 is 19.1 Å². The highest BCUT2D eigenvalue weighted by atomic mass is 16.5. The molecule has 0 spiro atoms. The number of nitrogens with zero attached hydrogens (tertiary/aromatic N) is 5. The van der Waals surface area contributed by atoms with Crippen molar-refractivity contribution in [1.29, 1.82) is 5.26 Å². The van der Waals surface area contributed by atoms with Crippen LogP contribution in [0.25, 0.3) is 16.9 Å². The van der Waals surface area contributed by atoms with Crippen molar-refractivity contribution in [2.75, 3.05) is 31.5 Å². The Morgan fingerprint density at radius 1 is 1.11 bits per heavy atom. The van der Waals surface area contributed by atoms with E-state index in [9.17, 15) is 14.9 Å². The van der Waals surface area contributed by atoms with Gasteiger partial charge in [0.2, 0.25) is 0 Å². The van der Waals surface area contributed by atoms with E-state index < -0.39 is 6.09 Å². The first-order valence-electron chi connectivity index (χ1n) is 10.5. The van der Waals surface area contributed by atoms with Gasteiger partial charge in [-0.05, 0) is 42.8 Å². The lowest BCUT2D eigenvalue weighted by atomic mass is 10.1. The fourth-order valence-corrected chi connectivity index (χ4v) is 3.65. The van der Waals surface area contributed by atoms with Gasteiger partial charge in [-0.15, -0.1) is 0 Å². The van der Waals surface area contributed by atoms with Crippen molar-refractivity contribution in [2.24, 2.45) is 0 Å². The van der Waals surface area contributed by atoms with Gasteiger partial charge in [-0.3, -0.25) is 14.5 Å². The number of nitrogens with one attached hydrogen (secondary N) is 1. The summed E-state index contributed by atoms with van der Waals surface area (Å²) in [4.78, 5) is 35.0. The third-order valence-electron chi connectivity index (χ3n) is 5.51. The molecule has 176 valence electrons. The van der Waals surface area contributed by atoms with Crippen molar-refractivity contribution >= 4 is 29.2 Å². The summed E-state index contributed by atoms with van der Waals surface area (Å²) in [6.45, 7) is 1.88. The Balaban J connectivity index is 1.69. The first kappa shape index (κ1) is 23.3. The number of aryl methyl sites for hydroxylation is 1. The molecule has 10 heteroatoms. The van der Waals surface area contributed by atoms with Crippen LogP contribution in [0.15, 0.2) is 55.0 Å². The van der Waals surface area contributed by atoms with Crippen LogP contribution in [0, 0.1) is 18.3 Å². The molecule has 3 heterocycles. The van der Waals surface area contributed by atoms with E-state index in [1.807, 2.05) is 11.3 Å². The molecule has 2 amide bonds. The van der Waals surface area contributed by atoms with Crippen molar-refractivity contribution in [3.63, 3.8) is 0 Å². The highest BCUT2D eigenvalue weighted by Gasteiger charge is 2.19. The van der Waals surface area contributed by atoms with Crippen LogP contribution in [0.5, 0.6) is 5.75 Å². The van der Waals surface area contributed by atoms with Crippen LogP contribution >= 0.6 is 0 Å². The van der Waals surface area contributed by atoms with E-state index in [2.05, 4.69) is 26.1 Å². The van der Waals surface area contributed by atoms with Crippen molar-refractivity contribution in [2.45, 2.75) is 6.92 Å². The van der Waals surface area contributed by atoms with Crippen LogP contribution in [0.2, 0.25) is 0 Å². The molecule has 0 saturated carbocycles. The smallest absolute Gasteiger partial charge is 0.412 e. The Hall–Kier alpha value is -4.91. The summed E-state index contributed by atoms with van der Waals surface area (Å²) in [5.74, 6) is 0.504. The molecular formula is C25H22N6O4. The highest BCUT2D eigenvalue weighted by molar-refractivity contribution is 6.06. The SMILES string of the molecule is COC(=O)Nc1ccc(-c2cnc3c(C)cc(C(=O)N(C)c4ccc(C#N)c(OC)c4)cn23)cn1. The third kappa shape index (κ3) is 4.47. The van der Waals surface area contributed by atoms with E-state index in [4.69, 9.17) is 4.74 Å². The Kier molecular flexibility index (Phi) is 6.33. The van der Waals surface area contributed by atoms with E-state index in [0.29, 0.717) is 34.0 Å². The Bertz CT molecular complexity index is 1470. The summed E-state index contributed by atoms with van der Waals surface area (Å²) < 4.78 is 11.7. The number of methoxy groups -OCH3 is 2. The van der Waals surface area contributed by atoms with E-state index >= 15 is 0 Å².